The summed E-state index contributed by atoms with van der Waals surface area (Å²) in [6.07, 6.45) is 18.3. The summed E-state index contributed by atoms with van der Waals surface area (Å²) in [4.78, 5) is 256. The van der Waals surface area contributed by atoms with Crippen LogP contribution in [0.2, 0.25) is 0 Å². The Morgan fingerprint density at radius 3 is 1.78 bits per heavy atom. The summed E-state index contributed by atoms with van der Waals surface area (Å²) in [5.41, 5.74) is 38.8. The van der Waals surface area contributed by atoms with E-state index >= 15 is 0 Å². The lowest BCUT2D eigenvalue weighted by atomic mass is 10.0. The molecular weight excluding hydrogens is 1920 g/mol. The van der Waals surface area contributed by atoms with Gasteiger partial charge in [-0.1, -0.05) is 139 Å². The molecule has 0 bridgehead atoms. The molecule has 9 unspecified atom stereocenters. The standard InChI is InChI=1S/C52H93N15O18.C42H58N12O8/c1-3-4-18-35(48(79)54-2)59-50(81)37(27-56-44(73)29-67(30-46(75)76)31-47(77)78)61-52(83)39(33-69)62-49(80)36(21-22-40(53)70)60-51(82)38(32-68)58-43(72)28-57-45(74)34-85-26-25-84-24-23-55-42(71)20-17-15-13-11-9-7-5-6-8-10-12-14-16-19-41-63-65-66-64-41;43-28-15-16-35(56)47-17-7-6-13-30(36(44)57)50-39(60)33(20-25-22-49-29-12-5-4-11-27(25)29)52-37(58)31(14-8-18-48-42(45)46)51-38(59)32(19-24-9-2-1-3-10-24)53-40(61)34-21-26(55)23-54(34)41(28)62/h35-39,65-66,68-69H,3-34H2,1-2H3,(H2,53,70)(H,54,79)(H,55,71)(H,56,73)(H,57,74)(H,58,72)(H,59,81)(H,60,82)(H,61,83)(H,62,80)(H,63,64)(H,75,76)(H,77,78);1-5,9-12,22,26,28,30-34,49,55H,6-8,13-21,23,43H2,(H2,44,57)(H,47,56)(H,50,60)(H,51,59)(H,52,58)(H,53,61)(H4,45,46,48)/t;26-,28?,30?,31?,32-,33?,34+/m.1/s1. The number of hydrogen-bond donors (Lipinski definition) is 28. The minimum atomic E-state index is -1.91. The Balaban J connectivity index is 0.000000540. The van der Waals surface area contributed by atoms with Crippen LogP contribution in [0.15, 0.2) is 70.9 Å². The average Bonchev–Trinajstić information content (AvgIpc) is 1.67. The number of nitrogens with one attached hydrogen (secondary N) is 18. The van der Waals surface area contributed by atoms with E-state index in [4.69, 9.17) is 48.4 Å². The summed E-state index contributed by atoms with van der Waals surface area (Å²) in [6, 6.07) is 0.587. The fourth-order valence-corrected chi connectivity index (χ4v) is 15.8. The molecule has 818 valence electrons. The number of H-pyrrole nitrogens is 1. The van der Waals surface area contributed by atoms with Crippen LogP contribution in [0.1, 0.15) is 198 Å². The number of likely N-dealkylation sites (N-methyl/N-ethyl adjacent to an activating group) is 1. The number of carbonyl (C=O) groups excluding carboxylic acids is 17. The molecule has 12 atom stereocenters. The van der Waals surface area contributed by atoms with Crippen LogP contribution in [0.25, 0.3) is 10.9 Å². The minimum absolute atomic E-state index is 0.00276. The number of rotatable bonds is 61. The number of aromatic amines is 1. The van der Waals surface area contributed by atoms with E-state index < -0.39 is 238 Å². The number of unbranched alkanes of at least 4 members (excludes halogenated alkanes) is 13. The van der Waals surface area contributed by atoms with E-state index in [1.807, 2.05) is 31.2 Å². The monoisotopic (exact) mass is 2070 g/mol. The number of amidine groups is 1. The van der Waals surface area contributed by atoms with Crippen molar-refractivity contribution in [2.45, 2.75) is 272 Å². The molecule has 0 saturated carbocycles. The number of fused-ring (bicyclic) bond motifs is 2. The topological polar surface area (TPSA) is 826 Å². The number of carboxylic acid groups (broad SMARTS) is 2. The van der Waals surface area contributed by atoms with Crippen LogP contribution in [0.3, 0.4) is 0 Å². The smallest absolute Gasteiger partial charge is 0.317 e. The Hall–Kier alpha value is -13.9. The van der Waals surface area contributed by atoms with Crippen molar-refractivity contribution >= 4 is 135 Å². The molecule has 17 amide bonds. The van der Waals surface area contributed by atoms with Crippen molar-refractivity contribution in [2.24, 2.45) is 38.8 Å². The summed E-state index contributed by atoms with van der Waals surface area (Å²) in [7, 11) is 1.31. The van der Waals surface area contributed by atoms with Crippen LogP contribution in [0, 0.1) is 0 Å². The van der Waals surface area contributed by atoms with Gasteiger partial charge in [0.15, 0.2) is 5.96 Å². The Morgan fingerprint density at radius 1 is 0.578 bits per heavy atom. The number of aliphatic imine (C=N–C) groups is 1. The van der Waals surface area contributed by atoms with Crippen molar-refractivity contribution in [1.29, 1.82) is 0 Å². The van der Waals surface area contributed by atoms with Crippen LogP contribution >= 0.6 is 0 Å². The van der Waals surface area contributed by atoms with Gasteiger partial charge in [0.25, 0.3) is 0 Å². The fourth-order valence-electron chi connectivity index (χ4n) is 15.8. The van der Waals surface area contributed by atoms with Crippen molar-refractivity contribution in [2.75, 3.05) is 106 Å². The van der Waals surface area contributed by atoms with Gasteiger partial charge < -0.3 is 148 Å². The number of aliphatic carboxylic acids is 2. The predicted octanol–water partition coefficient (Wildman–Crippen LogP) is -6.97. The lowest BCUT2D eigenvalue weighted by Crippen LogP contribution is -2.62. The van der Waals surface area contributed by atoms with Gasteiger partial charge in [-0.05, 0) is 81.4 Å². The Labute approximate surface area is 851 Å². The number of hydrazine groups is 2. The van der Waals surface area contributed by atoms with Gasteiger partial charge in [0.05, 0.1) is 71.4 Å². The number of hydrazone groups is 1. The van der Waals surface area contributed by atoms with Crippen LogP contribution in [-0.2, 0) is 113 Å². The largest absolute Gasteiger partial charge is 0.480 e. The Morgan fingerprint density at radius 2 is 1.16 bits per heavy atom. The van der Waals surface area contributed by atoms with E-state index in [-0.39, 0.29) is 115 Å². The number of aliphatic hydroxyl groups is 3. The molecule has 2 fully saturated rings. The summed E-state index contributed by atoms with van der Waals surface area (Å²) in [5, 5.41) is 88.6. The summed E-state index contributed by atoms with van der Waals surface area (Å²) >= 11 is 0. The van der Waals surface area contributed by atoms with Crippen LogP contribution in [0.4, 0.5) is 0 Å². The molecule has 53 nitrogen and oxygen atoms in total. The molecule has 147 heavy (non-hydrogen) atoms. The number of carbonyl (C=O) groups is 19. The molecule has 53 heteroatoms. The second-order valence-corrected chi connectivity index (χ2v) is 35.8. The molecule has 33 N–H and O–H groups in total. The molecule has 4 heterocycles. The van der Waals surface area contributed by atoms with Gasteiger partial charge in [0.1, 0.15) is 72.9 Å². The molecule has 3 aliphatic rings. The number of ether oxygens (including phenoxy) is 2. The third kappa shape index (κ3) is 50.2. The number of hydrogen-bond acceptors (Lipinski definition) is 31. The number of nitrogens with zero attached hydrogens (tertiary/aromatic N) is 4. The number of para-hydroxylation sites is 1. The average molecular weight is 2080 g/mol. The number of nitrogens with two attached hydrogens (primary N) is 5. The normalized spacial score (nSPS) is 18.5. The minimum Gasteiger partial charge on any atom is -0.480 e. The predicted molar refractivity (Wildman–Crippen MR) is 533 cm³/mol. The van der Waals surface area contributed by atoms with Crippen molar-refractivity contribution in [3.63, 3.8) is 0 Å². The van der Waals surface area contributed by atoms with E-state index in [2.05, 4.69) is 106 Å². The zero-order valence-corrected chi connectivity index (χ0v) is 83.5. The zero-order chi connectivity index (χ0) is 108. The number of guanidine groups is 1. The molecular formula is C94H151N27O26. The first-order valence-electron chi connectivity index (χ1n) is 49.7. The number of aromatic nitrogens is 1. The first-order chi connectivity index (χ1) is 70.4. The van der Waals surface area contributed by atoms with Gasteiger partial charge in [-0.3, -0.25) is 106 Å². The van der Waals surface area contributed by atoms with Crippen molar-refractivity contribution in [1.82, 2.24) is 106 Å². The second-order valence-electron chi connectivity index (χ2n) is 35.8. The highest BCUT2D eigenvalue weighted by Crippen LogP contribution is 2.24. The van der Waals surface area contributed by atoms with E-state index in [0.29, 0.717) is 49.8 Å². The van der Waals surface area contributed by atoms with Crippen LogP contribution in [0.5, 0.6) is 0 Å². The molecule has 2 saturated heterocycles. The fraction of sp³-hybridized carbons (Fsp3) is 0.628. The molecule has 0 spiro atoms. The van der Waals surface area contributed by atoms with Crippen molar-refractivity contribution in [3.8, 4) is 0 Å². The molecule has 6 rings (SSSR count). The van der Waals surface area contributed by atoms with Gasteiger partial charge in [-0.2, -0.15) is 0 Å². The maximum Gasteiger partial charge on any atom is 0.317 e. The highest BCUT2D eigenvalue weighted by atomic mass is 16.5. The molecule has 2 aromatic carbocycles. The van der Waals surface area contributed by atoms with Gasteiger partial charge >= 0.3 is 11.9 Å². The maximum absolute atomic E-state index is 14.4. The van der Waals surface area contributed by atoms with E-state index in [0.717, 1.165) is 58.6 Å². The lowest BCUT2D eigenvalue weighted by molar-refractivity contribution is -0.143. The number of aliphatic hydroxyl groups excluding tert-OH is 3. The van der Waals surface area contributed by atoms with Crippen LogP contribution in [-0.4, -0.2) is 343 Å². The molecule has 1 aromatic heterocycles. The molecule has 3 aromatic rings. The number of carboxylic acids is 2. The van der Waals surface area contributed by atoms with Gasteiger partial charge in [0.2, 0.25) is 100 Å². The molecule has 0 radical (unpaired) electrons. The lowest BCUT2D eigenvalue weighted by Gasteiger charge is -2.29. The summed E-state index contributed by atoms with van der Waals surface area (Å²) in [5.74, 6) is -15.9. The first kappa shape index (κ1) is 124. The van der Waals surface area contributed by atoms with Crippen molar-refractivity contribution < 1.29 is 126 Å². The maximum atomic E-state index is 14.4. The van der Waals surface area contributed by atoms with E-state index in [1.54, 1.807) is 36.5 Å². The third-order valence-electron chi connectivity index (χ3n) is 23.8. The molecule has 3 aliphatic heterocycles. The zero-order valence-electron chi connectivity index (χ0n) is 83.5. The second kappa shape index (κ2) is 70.0. The number of primary amides is 2. The first-order valence-corrected chi connectivity index (χ1v) is 49.7. The van der Waals surface area contributed by atoms with Gasteiger partial charge in [0, 0.05) is 102 Å². The highest BCUT2D eigenvalue weighted by Gasteiger charge is 2.43. The van der Waals surface area contributed by atoms with E-state index in [1.165, 1.54) is 64.8 Å². The van der Waals surface area contributed by atoms with Crippen LogP contribution < -0.4 is 120 Å². The quantitative estimate of drug-likeness (QED) is 0.0142. The Bertz CT molecular complexity index is 4780. The van der Waals surface area contributed by atoms with Gasteiger partial charge in [-0.15, -0.1) is 10.6 Å². The molecule has 0 aliphatic carbocycles. The SMILES string of the molecule is CCCCC(NC(=O)C(CNC(=O)CN(CC(=O)O)CC(=O)O)NC(=O)C(CO)NC(=O)C(CCC(N)=O)NC(=O)C(CO)NC(=O)CNC(=O)COCCOCCNC(=O)CCCCCCCCCCCCCCCC1=NNNN1)C(=O)NC.NC(=O)C1CCCCNC(=O)CCC(N)C(=O)N2C[C@H](O)C[C@H]2C(=O)N[C@H](Cc2ccccc2)C(=O)NC(CCCN=C(N)N)C(=O)NC(Cc2c[nH]c3ccccc23)C(=O)N1. The third-order valence-corrected chi connectivity index (χ3v) is 23.8. The van der Waals surface area contributed by atoms with Gasteiger partial charge in [-0.25, -0.2) is 5.53 Å². The number of benzene rings is 2. The summed E-state index contributed by atoms with van der Waals surface area (Å²) < 4.78 is 10.7. The highest BCUT2D eigenvalue weighted by molar-refractivity contribution is 6.00. The Kier molecular flexibility index (Phi) is 58.9. The van der Waals surface area contributed by atoms with E-state index in [9.17, 15) is 106 Å². The van der Waals surface area contributed by atoms with Crippen molar-refractivity contribution in [3.05, 3.63) is 71.9 Å². The summed E-state index contributed by atoms with van der Waals surface area (Å²) in [6.45, 7) is -3.97. The number of amides is 17.